The van der Waals surface area contributed by atoms with E-state index in [0.717, 1.165) is 56.0 Å². The third-order valence-corrected chi connectivity index (χ3v) is 4.16. The first-order valence-electron chi connectivity index (χ1n) is 8.13. The van der Waals surface area contributed by atoms with E-state index in [-0.39, 0.29) is 5.56 Å². The van der Waals surface area contributed by atoms with Crippen LogP contribution in [0.2, 0.25) is 0 Å². The summed E-state index contributed by atoms with van der Waals surface area (Å²) in [5.74, 6) is 0.397. The predicted molar refractivity (Wildman–Crippen MR) is 89.7 cm³/mol. The molecule has 2 heterocycles. The van der Waals surface area contributed by atoms with Crippen molar-refractivity contribution >= 4 is 17.4 Å². The van der Waals surface area contributed by atoms with E-state index in [1.807, 2.05) is 6.07 Å². The Kier molecular flexibility index (Phi) is 4.92. The SMILES string of the molecule is O=C(Nc1ccc(N2CCCCC2)nc1)c1ccc(C(F)(F)F)cc1. The number of aromatic nitrogens is 1. The highest BCUT2D eigenvalue weighted by Gasteiger charge is 2.30. The summed E-state index contributed by atoms with van der Waals surface area (Å²) in [6.07, 6.45) is 0.676. The second-order valence-corrected chi connectivity index (χ2v) is 5.98. The van der Waals surface area contributed by atoms with Gasteiger partial charge in [0.25, 0.3) is 5.91 Å². The molecule has 1 aliphatic rings. The number of anilines is 2. The number of amides is 1. The van der Waals surface area contributed by atoms with Crippen LogP contribution in [0.15, 0.2) is 42.6 Å². The molecule has 1 fully saturated rings. The minimum Gasteiger partial charge on any atom is -0.357 e. The van der Waals surface area contributed by atoms with Crippen molar-refractivity contribution in [2.45, 2.75) is 25.4 Å². The fraction of sp³-hybridized carbons (Fsp3) is 0.333. The maximum Gasteiger partial charge on any atom is 0.416 e. The third-order valence-electron chi connectivity index (χ3n) is 4.16. The van der Waals surface area contributed by atoms with Crippen molar-refractivity contribution < 1.29 is 18.0 Å². The second-order valence-electron chi connectivity index (χ2n) is 5.98. The Morgan fingerprint density at radius 2 is 1.68 bits per heavy atom. The van der Waals surface area contributed by atoms with E-state index in [4.69, 9.17) is 0 Å². The van der Waals surface area contributed by atoms with Crippen LogP contribution in [0.25, 0.3) is 0 Å². The lowest BCUT2D eigenvalue weighted by molar-refractivity contribution is -0.137. The van der Waals surface area contributed by atoms with E-state index in [0.29, 0.717) is 5.69 Å². The van der Waals surface area contributed by atoms with Crippen LogP contribution in [-0.2, 0) is 6.18 Å². The summed E-state index contributed by atoms with van der Waals surface area (Å²) in [5.41, 5.74) is -0.115. The van der Waals surface area contributed by atoms with Crippen molar-refractivity contribution in [3.8, 4) is 0 Å². The minimum absolute atomic E-state index is 0.160. The molecule has 4 nitrogen and oxygen atoms in total. The first-order chi connectivity index (χ1) is 11.9. The van der Waals surface area contributed by atoms with Crippen LogP contribution in [0.3, 0.4) is 0 Å². The highest BCUT2D eigenvalue weighted by Crippen LogP contribution is 2.29. The molecule has 132 valence electrons. The Bertz CT molecular complexity index is 721. The Labute approximate surface area is 143 Å². The zero-order valence-electron chi connectivity index (χ0n) is 13.5. The number of benzene rings is 1. The minimum atomic E-state index is -4.41. The summed E-state index contributed by atoms with van der Waals surface area (Å²) in [5, 5.41) is 2.65. The van der Waals surface area contributed by atoms with Crippen LogP contribution < -0.4 is 10.2 Å². The summed E-state index contributed by atoms with van der Waals surface area (Å²) < 4.78 is 37.6. The van der Waals surface area contributed by atoms with E-state index < -0.39 is 17.6 Å². The molecule has 1 saturated heterocycles. The number of piperidine rings is 1. The molecule has 0 saturated carbocycles. The molecule has 0 spiro atoms. The average Bonchev–Trinajstić information content (AvgIpc) is 2.62. The molecule has 1 aromatic heterocycles. The van der Waals surface area contributed by atoms with Gasteiger partial charge in [0.15, 0.2) is 0 Å². The summed E-state index contributed by atoms with van der Waals surface area (Å²) in [7, 11) is 0. The molecule has 0 unspecified atom stereocenters. The normalized spacial score (nSPS) is 15.1. The van der Waals surface area contributed by atoms with Crippen LogP contribution in [-0.4, -0.2) is 24.0 Å². The van der Waals surface area contributed by atoms with Crippen LogP contribution in [0.4, 0.5) is 24.7 Å². The number of hydrogen-bond acceptors (Lipinski definition) is 3. The van der Waals surface area contributed by atoms with Gasteiger partial charge in [-0.05, 0) is 55.7 Å². The van der Waals surface area contributed by atoms with E-state index in [2.05, 4.69) is 15.2 Å². The van der Waals surface area contributed by atoms with Gasteiger partial charge in [0, 0.05) is 18.7 Å². The third kappa shape index (κ3) is 4.29. The van der Waals surface area contributed by atoms with Crippen molar-refractivity contribution in [1.29, 1.82) is 0 Å². The Morgan fingerprint density at radius 1 is 1.00 bits per heavy atom. The molecule has 7 heteroatoms. The number of nitrogens with one attached hydrogen (secondary N) is 1. The lowest BCUT2D eigenvalue weighted by atomic mass is 10.1. The number of carbonyl (C=O) groups excluding carboxylic acids is 1. The molecule has 1 N–H and O–H groups in total. The van der Waals surface area contributed by atoms with Crippen LogP contribution in [0.1, 0.15) is 35.2 Å². The summed E-state index contributed by atoms with van der Waals surface area (Å²) in [6, 6.07) is 7.70. The van der Waals surface area contributed by atoms with Crippen molar-refractivity contribution in [2.24, 2.45) is 0 Å². The number of hydrogen-bond donors (Lipinski definition) is 1. The van der Waals surface area contributed by atoms with E-state index >= 15 is 0 Å². The van der Waals surface area contributed by atoms with E-state index in [9.17, 15) is 18.0 Å². The number of pyridine rings is 1. The Balaban J connectivity index is 1.64. The molecule has 1 aliphatic heterocycles. The van der Waals surface area contributed by atoms with Crippen LogP contribution in [0.5, 0.6) is 0 Å². The van der Waals surface area contributed by atoms with Crippen molar-refractivity contribution in [3.05, 3.63) is 53.7 Å². The largest absolute Gasteiger partial charge is 0.416 e. The van der Waals surface area contributed by atoms with Gasteiger partial charge in [0.2, 0.25) is 0 Å². The smallest absolute Gasteiger partial charge is 0.357 e. The van der Waals surface area contributed by atoms with Gasteiger partial charge in [0.05, 0.1) is 17.4 Å². The van der Waals surface area contributed by atoms with E-state index in [1.54, 1.807) is 12.3 Å². The lowest BCUT2D eigenvalue weighted by Crippen LogP contribution is -2.30. The number of halogens is 3. The molecule has 0 radical (unpaired) electrons. The molecule has 0 aliphatic carbocycles. The van der Waals surface area contributed by atoms with Gasteiger partial charge >= 0.3 is 6.18 Å². The standard InChI is InChI=1S/C18H18F3N3O/c19-18(20,21)14-6-4-13(5-7-14)17(25)23-15-8-9-16(22-12-15)24-10-2-1-3-11-24/h4-9,12H,1-3,10-11H2,(H,23,25). The Hall–Kier alpha value is -2.57. The number of carbonyl (C=O) groups is 1. The fourth-order valence-electron chi connectivity index (χ4n) is 2.78. The molecule has 25 heavy (non-hydrogen) atoms. The zero-order chi connectivity index (χ0) is 17.9. The van der Waals surface area contributed by atoms with Gasteiger partial charge in [-0.25, -0.2) is 4.98 Å². The summed E-state index contributed by atoms with van der Waals surface area (Å²) >= 11 is 0. The average molecular weight is 349 g/mol. The van der Waals surface area contributed by atoms with Crippen molar-refractivity contribution in [2.75, 3.05) is 23.3 Å². The molecular weight excluding hydrogens is 331 g/mol. The first-order valence-corrected chi connectivity index (χ1v) is 8.13. The van der Waals surface area contributed by atoms with Gasteiger partial charge in [-0.15, -0.1) is 0 Å². The van der Waals surface area contributed by atoms with Gasteiger partial charge in [-0.1, -0.05) is 0 Å². The maximum atomic E-state index is 12.5. The maximum absolute atomic E-state index is 12.5. The van der Waals surface area contributed by atoms with Crippen LogP contribution in [0, 0.1) is 0 Å². The first kappa shape index (κ1) is 17.3. The predicted octanol–water partition coefficient (Wildman–Crippen LogP) is 4.34. The van der Waals surface area contributed by atoms with Crippen LogP contribution >= 0.6 is 0 Å². The van der Waals surface area contributed by atoms with Crippen molar-refractivity contribution in [3.63, 3.8) is 0 Å². The molecule has 0 atom stereocenters. The lowest BCUT2D eigenvalue weighted by Gasteiger charge is -2.27. The fourth-order valence-corrected chi connectivity index (χ4v) is 2.78. The second kappa shape index (κ2) is 7.13. The highest BCUT2D eigenvalue weighted by molar-refractivity contribution is 6.04. The topological polar surface area (TPSA) is 45.2 Å². The quantitative estimate of drug-likeness (QED) is 0.896. The molecule has 1 amide bonds. The Morgan fingerprint density at radius 3 is 2.24 bits per heavy atom. The van der Waals surface area contributed by atoms with Crippen molar-refractivity contribution in [1.82, 2.24) is 4.98 Å². The zero-order valence-corrected chi connectivity index (χ0v) is 13.5. The monoisotopic (exact) mass is 349 g/mol. The van der Waals surface area contributed by atoms with Gasteiger partial charge in [0.1, 0.15) is 5.82 Å². The number of nitrogens with zero attached hydrogens (tertiary/aromatic N) is 2. The number of alkyl halides is 3. The summed E-state index contributed by atoms with van der Waals surface area (Å²) in [6.45, 7) is 1.95. The molecule has 3 rings (SSSR count). The van der Waals surface area contributed by atoms with Gasteiger partial charge < -0.3 is 10.2 Å². The molecular formula is C18H18F3N3O. The number of rotatable bonds is 3. The molecule has 1 aromatic carbocycles. The molecule has 2 aromatic rings. The van der Waals surface area contributed by atoms with Gasteiger partial charge in [-0.2, -0.15) is 13.2 Å². The molecule has 0 bridgehead atoms. The van der Waals surface area contributed by atoms with Gasteiger partial charge in [-0.3, -0.25) is 4.79 Å². The van der Waals surface area contributed by atoms with E-state index in [1.165, 1.54) is 6.42 Å². The highest BCUT2D eigenvalue weighted by atomic mass is 19.4. The summed E-state index contributed by atoms with van der Waals surface area (Å²) in [4.78, 5) is 18.7.